The number of carbonyl (C=O) groups excluding carboxylic acids is 2. The van der Waals surface area contributed by atoms with E-state index in [-0.39, 0.29) is 29.7 Å². The number of aromatic nitrogens is 2. The molecule has 1 aliphatic heterocycles. The molecule has 0 aromatic carbocycles. The first-order valence-corrected chi connectivity index (χ1v) is 8.57. The van der Waals surface area contributed by atoms with E-state index in [4.69, 9.17) is 0 Å². The number of esters is 1. The van der Waals surface area contributed by atoms with Crippen molar-refractivity contribution in [2.75, 3.05) is 19.4 Å². The second kappa shape index (κ2) is 8.14. The van der Waals surface area contributed by atoms with E-state index in [1.54, 1.807) is 0 Å². The maximum atomic E-state index is 12.3. The molecule has 2 heterocycles. The van der Waals surface area contributed by atoms with Crippen molar-refractivity contribution in [2.45, 2.75) is 43.8 Å². The van der Waals surface area contributed by atoms with Crippen LogP contribution in [-0.2, 0) is 20.7 Å². The van der Waals surface area contributed by atoms with Crippen molar-refractivity contribution in [3.8, 4) is 0 Å². The van der Waals surface area contributed by atoms with Gasteiger partial charge < -0.3 is 14.6 Å². The van der Waals surface area contributed by atoms with Gasteiger partial charge in [-0.3, -0.25) is 14.4 Å². The summed E-state index contributed by atoms with van der Waals surface area (Å²) in [5.74, 6) is -0.199. The van der Waals surface area contributed by atoms with Crippen LogP contribution in [0.1, 0.15) is 31.9 Å². The summed E-state index contributed by atoms with van der Waals surface area (Å²) in [5.41, 5.74) is -0.0120. The van der Waals surface area contributed by atoms with Gasteiger partial charge in [-0.05, 0) is 26.2 Å². The highest BCUT2D eigenvalue weighted by atomic mass is 32.2. The summed E-state index contributed by atoms with van der Waals surface area (Å²) in [7, 11) is 1.28. The Morgan fingerprint density at radius 3 is 2.96 bits per heavy atom. The predicted molar refractivity (Wildman–Crippen MR) is 86.3 cm³/mol. The lowest BCUT2D eigenvalue weighted by molar-refractivity contribution is -0.139. The third kappa shape index (κ3) is 5.09. The molecule has 0 unspecified atom stereocenters. The van der Waals surface area contributed by atoms with Crippen LogP contribution in [0, 0.1) is 0 Å². The summed E-state index contributed by atoms with van der Waals surface area (Å²) in [6.07, 6.45) is 3.15. The van der Waals surface area contributed by atoms with Crippen LogP contribution in [0.15, 0.2) is 16.0 Å². The summed E-state index contributed by atoms with van der Waals surface area (Å²) in [4.78, 5) is 43.8. The van der Waals surface area contributed by atoms with Gasteiger partial charge in [-0.15, -0.1) is 0 Å². The zero-order valence-electron chi connectivity index (χ0n) is 13.3. The number of likely N-dealkylation sites (tertiary alicyclic amines) is 1. The average molecular weight is 339 g/mol. The molecular formula is C15H21N3O4S. The third-order valence-corrected chi connectivity index (χ3v) is 4.64. The lowest BCUT2D eigenvalue weighted by Gasteiger charge is -2.33. The van der Waals surface area contributed by atoms with E-state index in [0.29, 0.717) is 10.9 Å². The van der Waals surface area contributed by atoms with Gasteiger partial charge in [0.2, 0.25) is 5.91 Å². The number of piperidine rings is 1. The SMILES string of the molecule is COC(=O)Cc1cc(=O)[nH]c(SCC(=O)N2CCCC[C@H]2C)n1. The molecule has 7 nitrogen and oxygen atoms in total. The zero-order valence-corrected chi connectivity index (χ0v) is 14.1. The number of thioether (sulfide) groups is 1. The van der Waals surface area contributed by atoms with Crippen LogP contribution in [0.3, 0.4) is 0 Å². The first-order chi connectivity index (χ1) is 11.0. The molecule has 126 valence electrons. The molecule has 2 rings (SSSR count). The molecular weight excluding hydrogens is 318 g/mol. The quantitative estimate of drug-likeness (QED) is 0.488. The first kappa shape index (κ1) is 17.5. The number of nitrogens with one attached hydrogen (secondary N) is 1. The van der Waals surface area contributed by atoms with E-state index in [1.165, 1.54) is 24.9 Å². The monoisotopic (exact) mass is 339 g/mol. The molecule has 8 heteroatoms. The molecule has 0 aliphatic carbocycles. The maximum Gasteiger partial charge on any atom is 0.311 e. The number of hydrogen-bond donors (Lipinski definition) is 1. The fraction of sp³-hybridized carbons (Fsp3) is 0.600. The molecule has 1 N–H and O–H groups in total. The summed E-state index contributed by atoms with van der Waals surface area (Å²) < 4.78 is 4.56. The Morgan fingerprint density at radius 1 is 1.48 bits per heavy atom. The number of H-pyrrole nitrogens is 1. The number of methoxy groups -OCH3 is 1. The predicted octanol–water partition coefficient (Wildman–Crippen LogP) is 0.978. The smallest absolute Gasteiger partial charge is 0.311 e. The highest BCUT2D eigenvalue weighted by Gasteiger charge is 2.23. The number of hydrogen-bond acceptors (Lipinski definition) is 6. The van der Waals surface area contributed by atoms with Crippen LogP contribution in [0.2, 0.25) is 0 Å². The van der Waals surface area contributed by atoms with Crippen molar-refractivity contribution < 1.29 is 14.3 Å². The molecule has 0 bridgehead atoms. The van der Waals surface area contributed by atoms with Gasteiger partial charge in [0.1, 0.15) is 0 Å². The van der Waals surface area contributed by atoms with E-state index in [1.807, 2.05) is 4.90 Å². The van der Waals surface area contributed by atoms with Gasteiger partial charge in [-0.1, -0.05) is 11.8 Å². The fourth-order valence-corrected chi connectivity index (χ4v) is 3.32. The van der Waals surface area contributed by atoms with E-state index in [0.717, 1.165) is 25.8 Å². The maximum absolute atomic E-state index is 12.3. The molecule has 1 atom stereocenters. The van der Waals surface area contributed by atoms with Crippen molar-refractivity contribution >= 4 is 23.6 Å². The van der Waals surface area contributed by atoms with Crippen molar-refractivity contribution in [2.24, 2.45) is 0 Å². The zero-order chi connectivity index (χ0) is 16.8. The fourth-order valence-electron chi connectivity index (χ4n) is 2.54. The molecule has 0 radical (unpaired) electrons. The molecule has 1 aliphatic rings. The number of ether oxygens (including phenoxy) is 1. The van der Waals surface area contributed by atoms with Gasteiger partial charge in [-0.25, -0.2) is 4.98 Å². The van der Waals surface area contributed by atoms with E-state index >= 15 is 0 Å². The molecule has 1 fully saturated rings. The van der Waals surface area contributed by atoms with E-state index < -0.39 is 5.97 Å². The Hall–Kier alpha value is -1.83. The van der Waals surface area contributed by atoms with Crippen molar-refractivity contribution in [1.82, 2.24) is 14.9 Å². The normalized spacial score (nSPS) is 17.8. The Bertz CT molecular complexity index is 631. The summed E-state index contributed by atoms with van der Waals surface area (Å²) in [5, 5.41) is 0.342. The highest BCUT2D eigenvalue weighted by molar-refractivity contribution is 7.99. The number of aromatic amines is 1. The van der Waals surface area contributed by atoms with Gasteiger partial charge in [0.05, 0.1) is 25.0 Å². The third-order valence-electron chi connectivity index (χ3n) is 3.78. The molecule has 1 saturated heterocycles. The summed E-state index contributed by atoms with van der Waals surface area (Å²) >= 11 is 1.18. The van der Waals surface area contributed by atoms with E-state index in [2.05, 4.69) is 21.6 Å². The van der Waals surface area contributed by atoms with Crippen LogP contribution in [-0.4, -0.2) is 52.2 Å². The van der Waals surface area contributed by atoms with Crippen LogP contribution >= 0.6 is 11.8 Å². The van der Waals surface area contributed by atoms with E-state index in [9.17, 15) is 14.4 Å². The van der Waals surface area contributed by atoms with Gasteiger partial charge in [0.25, 0.3) is 5.56 Å². The first-order valence-electron chi connectivity index (χ1n) is 7.59. The Kier molecular flexibility index (Phi) is 6.20. The van der Waals surface area contributed by atoms with Gasteiger partial charge in [0.15, 0.2) is 5.16 Å². The number of carbonyl (C=O) groups is 2. The molecule has 0 spiro atoms. The second-order valence-corrected chi connectivity index (χ2v) is 6.48. The Balaban J connectivity index is 1.98. The van der Waals surface area contributed by atoms with Gasteiger partial charge in [0, 0.05) is 18.7 Å². The van der Waals surface area contributed by atoms with Crippen molar-refractivity contribution in [1.29, 1.82) is 0 Å². The van der Waals surface area contributed by atoms with Crippen LogP contribution in [0.25, 0.3) is 0 Å². The lowest BCUT2D eigenvalue weighted by atomic mass is 10.0. The average Bonchev–Trinajstić information content (AvgIpc) is 2.52. The summed E-state index contributed by atoms with van der Waals surface area (Å²) in [6.45, 7) is 2.84. The van der Waals surface area contributed by atoms with Gasteiger partial charge in [-0.2, -0.15) is 0 Å². The van der Waals surface area contributed by atoms with Crippen LogP contribution < -0.4 is 5.56 Å². The van der Waals surface area contributed by atoms with Crippen molar-refractivity contribution in [3.05, 3.63) is 22.1 Å². The number of nitrogens with zero attached hydrogens (tertiary/aromatic N) is 2. The summed E-state index contributed by atoms with van der Waals surface area (Å²) in [6, 6.07) is 1.52. The van der Waals surface area contributed by atoms with Crippen molar-refractivity contribution in [3.63, 3.8) is 0 Å². The molecule has 1 aromatic rings. The van der Waals surface area contributed by atoms with Gasteiger partial charge >= 0.3 is 5.97 Å². The number of rotatable bonds is 5. The Morgan fingerprint density at radius 2 is 2.26 bits per heavy atom. The topological polar surface area (TPSA) is 92.4 Å². The number of amides is 1. The lowest BCUT2D eigenvalue weighted by Crippen LogP contribution is -2.43. The second-order valence-electron chi connectivity index (χ2n) is 5.52. The minimum Gasteiger partial charge on any atom is -0.469 e. The molecule has 1 amide bonds. The van der Waals surface area contributed by atoms with Crippen LogP contribution in [0.4, 0.5) is 0 Å². The Labute approximate surface area is 138 Å². The molecule has 1 aromatic heterocycles. The molecule has 23 heavy (non-hydrogen) atoms. The van der Waals surface area contributed by atoms with Crippen LogP contribution in [0.5, 0.6) is 0 Å². The largest absolute Gasteiger partial charge is 0.469 e. The minimum atomic E-state index is -0.461. The standard InChI is InChI=1S/C15H21N3O4S/c1-10-5-3-4-6-18(10)13(20)9-23-15-16-11(7-12(19)17-15)8-14(21)22-2/h7,10H,3-6,8-9H2,1-2H3,(H,16,17,19)/t10-/m1/s1. The highest BCUT2D eigenvalue weighted by Crippen LogP contribution is 2.19. The minimum absolute atomic E-state index is 0.0446. The molecule has 0 saturated carbocycles.